The normalized spacial score (nSPS) is 12.6. The fourth-order valence-corrected chi connectivity index (χ4v) is 1.11. The summed E-state index contributed by atoms with van der Waals surface area (Å²) in [4.78, 5) is 0. The van der Waals surface area contributed by atoms with Crippen molar-refractivity contribution in [1.29, 1.82) is 0 Å². The van der Waals surface area contributed by atoms with Gasteiger partial charge in [-0.2, -0.15) is 0 Å². The van der Waals surface area contributed by atoms with Crippen LogP contribution < -0.4 is 0 Å². The molecule has 0 spiro atoms. The molecular formula is C10H20O3. The van der Waals surface area contributed by atoms with Gasteiger partial charge in [-0.3, -0.25) is 0 Å². The molecule has 0 rings (SSSR count). The van der Waals surface area contributed by atoms with Gasteiger partial charge in [-0.15, -0.1) is 0 Å². The Hall–Kier alpha value is -0.380. The fraction of sp³-hybridized carbons (Fsp3) is 0.800. The van der Waals surface area contributed by atoms with E-state index in [2.05, 4.69) is 6.92 Å². The zero-order valence-corrected chi connectivity index (χ0v) is 8.24. The van der Waals surface area contributed by atoms with Gasteiger partial charge in [0.1, 0.15) is 0 Å². The molecule has 0 radical (unpaired) electrons. The number of rotatable bonds is 7. The van der Waals surface area contributed by atoms with Crippen LogP contribution in [0, 0.1) is 0 Å². The highest BCUT2D eigenvalue weighted by Crippen LogP contribution is 2.06. The average molecular weight is 188 g/mol. The summed E-state index contributed by atoms with van der Waals surface area (Å²) in [5, 5.41) is 25.4. The minimum absolute atomic E-state index is 0.785. The second-order valence-electron chi connectivity index (χ2n) is 3.29. The molecular weight excluding hydrogens is 168 g/mol. The predicted octanol–water partition coefficient (Wildman–Crippen LogP) is 1.53. The van der Waals surface area contributed by atoms with Gasteiger partial charge in [0.2, 0.25) is 0 Å². The SMILES string of the molecule is CCCCCCCC=CC(O)(O)O. The van der Waals surface area contributed by atoms with E-state index in [4.69, 9.17) is 15.3 Å². The van der Waals surface area contributed by atoms with Crippen molar-refractivity contribution in [1.82, 2.24) is 0 Å². The van der Waals surface area contributed by atoms with Gasteiger partial charge in [-0.1, -0.05) is 38.7 Å². The van der Waals surface area contributed by atoms with Crippen molar-refractivity contribution in [2.75, 3.05) is 0 Å². The van der Waals surface area contributed by atoms with Crippen molar-refractivity contribution in [3.8, 4) is 0 Å². The highest BCUT2D eigenvalue weighted by Gasteiger charge is 2.10. The molecule has 0 amide bonds. The van der Waals surface area contributed by atoms with Crippen LogP contribution in [0.5, 0.6) is 0 Å². The Morgan fingerprint density at radius 2 is 1.62 bits per heavy atom. The molecule has 78 valence electrons. The second kappa shape index (κ2) is 7.06. The van der Waals surface area contributed by atoms with Crippen LogP contribution in [0.2, 0.25) is 0 Å². The van der Waals surface area contributed by atoms with E-state index in [0.29, 0.717) is 0 Å². The van der Waals surface area contributed by atoms with Gasteiger partial charge < -0.3 is 15.3 Å². The van der Waals surface area contributed by atoms with Crippen molar-refractivity contribution >= 4 is 0 Å². The van der Waals surface area contributed by atoms with Crippen molar-refractivity contribution in [3.63, 3.8) is 0 Å². The van der Waals surface area contributed by atoms with Crippen LogP contribution in [-0.2, 0) is 0 Å². The quantitative estimate of drug-likeness (QED) is 0.322. The summed E-state index contributed by atoms with van der Waals surface area (Å²) < 4.78 is 0. The highest BCUT2D eigenvalue weighted by atomic mass is 16.7. The van der Waals surface area contributed by atoms with Crippen molar-refractivity contribution in [2.45, 2.75) is 51.4 Å². The van der Waals surface area contributed by atoms with Crippen LogP contribution in [0.4, 0.5) is 0 Å². The molecule has 0 heterocycles. The van der Waals surface area contributed by atoms with Crippen LogP contribution >= 0.6 is 0 Å². The van der Waals surface area contributed by atoms with Gasteiger partial charge in [0.15, 0.2) is 0 Å². The first-order valence-electron chi connectivity index (χ1n) is 4.91. The van der Waals surface area contributed by atoms with Crippen molar-refractivity contribution in [3.05, 3.63) is 12.2 Å². The summed E-state index contributed by atoms with van der Waals surface area (Å²) in [5.74, 6) is -2.64. The van der Waals surface area contributed by atoms with Gasteiger partial charge in [0.25, 0.3) is 5.97 Å². The molecule has 0 saturated carbocycles. The summed E-state index contributed by atoms with van der Waals surface area (Å²) in [6, 6.07) is 0. The number of allylic oxidation sites excluding steroid dienone is 1. The van der Waals surface area contributed by atoms with Crippen molar-refractivity contribution < 1.29 is 15.3 Å². The van der Waals surface area contributed by atoms with E-state index in [1.807, 2.05) is 0 Å². The smallest absolute Gasteiger partial charge is 0.297 e. The molecule has 0 aliphatic rings. The van der Waals surface area contributed by atoms with Crippen molar-refractivity contribution in [2.24, 2.45) is 0 Å². The molecule has 0 atom stereocenters. The molecule has 13 heavy (non-hydrogen) atoms. The summed E-state index contributed by atoms with van der Waals surface area (Å²) in [5.41, 5.74) is 0. The molecule has 0 unspecified atom stereocenters. The monoisotopic (exact) mass is 188 g/mol. The van der Waals surface area contributed by atoms with E-state index in [-0.39, 0.29) is 0 Å². The minimum atomic E-state index is -2.64. The Balaban J connectivity index is 3.21. The van der Waals surface area contributed by atoms with E-state index in [9.17, 15) is 0 Å². The molecule has 0 aromatic carbocycles. The molecule has 0 saturated heterocycles. The Morgan fingerprint density at radius 1 is 1.00 bits per heavy atom. The molecule has 0 aromatic rings. The molecule has 3 nitrogen and oxygen atoms in total. The number of hydrogen-bond acceptors (Lipinski definition) is 3. The maximum absolute atomic E-state index is 8.48. The van der Waals surface area contributed by atoms with Gasteiger partial charge >= 0.3 is 0 Å². The lowest BCUT2D eigenvalue weighted by atomic mass is 10.1. The van der Waals surface area contributed by atoms with E-state index >= 15 is 0 Å². The zero-order valence-electron chi connectivity index (χ0n) is 8.24. The molecule has 3 N–H and O–H groups in total. The fourth-order valence-electron chi connectivity index (χ4n) is 1.11. The standard InChI is InChI=1S/C10H20O3/c1-2-3-4-5-6-7-8-9-10(11,12)13/h8-9,11-13H,2-7H2,1H3. The third kappa shape index (κ3) is 11.6. The Morgan fingerprint density at radius 3 is 2.15 bits per heavy atom. The first-order chi connectivity index (χ1) is 6.06. The summed E-state index contributed by atoms with van der Waals surface area (Å²) in [6.07, 6.45) is 9.27. The molecule has 0 fully saturated rings. The second-order valence-corrected chi connectivity index (χ2v) is 3.29. The number of aliphatic hydroxyl groups is 3. The Kier molecular flexibility index (Phi) is 6.86. The largest absolute Gasteiger partial charge is 0.340 e. The topological polar surface area (TPSA) is 60.7 Å². The Bertz CT molecular complexity index is 136. The predicted molar refractivity (Wildman–Crippen MR) is 51.9 cm³/mol. The van der Waals surface area contributed by atoms with Crippen LogP contribution in [0.1, 0.15) is 45.4 Å². The maximum atomic E-state index is 8.48. The summed E-state index contributed by atoms with van der Waals surface area (Å²) in [6.45, 7) is 2.16. The minimum Gasteiger partial charge on any atom is -0.340 e. The molecule has 0 bridgehead atoms. The van der Waals surface area contributed by atoms with Crippen LogP contribution in [0.3, 0.4) is 0 Å². The lowest BCUT2D eigenvalue weighted by Gasteiger charge is -2.06. The van der Waals surface area contributed by atoms with E-state index in [1.165, 1.54) is 19.3 Å². The van der Waals surface area contributed by atoms with E-state index in [1.54, 1.807) is 6.08 Å². The van der Waals surface area contributed by atoms with Crippen LogP contribution in [0.25, 0.3) is 0 Å². The number of unbranched alkanes of at least 4 members (excludes halogenated alkanes) is 5. The Labute approximate surface area is 79.7 Å². The highest BCUT2D eigenvalue weighted by molar-refractivity contribution is 4.87. The van der Waals surface area contributed by atoms with E-state index < -0.39 is 5.97 Å². The first-order valence-corrected chi connectivity index (χ1v) is 4.91. The van der Waals surface area contributed by atoms with Crippen LogP contribution in [0.15, 0.2) is 12.2 Å². The lowest BCUT2D eigenvalue weighted by molar-refractivity contribution is -0.273. The third-order valence-corrected chi connectivity index (χ3v) is 1.82. The molecule has 0 aliphatic carbocycles. The van der Waals surface area contributed by atoms with Gasteiger partial charge in [0, 0.05) is 0 Å². The average Bonchev–Trinajstić information content (AvgIpc) is 2.01. The van der Waals surface area contributed by atoms with Gasteiger partial charge in [0.05, 0.1) is 0 Å². The van der Waals surface area contributed by atoms with Gasteiger partial charge in [-0.05, 0) is 18.9 Å². The summed E-state index contributed by atoms with van der Waals surface area (Å²) in [7, 11) is 0. The van der Waals surface area contributed by atoms with E-state index in [0.717, 1.165) is 25.3 Å². The molecule has 3 heteroatoms. The lowest BCUT2D eigenvalue weighted by Crippen LogP contribution is -2.23. The first kappa shape index (κ1) is 12.6. The maximum Gasteiger partial charge on any atom is 0.297 e. The summed E-state index contributed by atoms with van der Waals surface area (Å²) >= 11 is 0. The third-order valence-electron chi connectivity index (χ3n) is 1.82. The van der Waals surface area contributed by atoms with Crippen LogP contribution in [-0.4, -0.2) is 21.3 Å². The number of hydrogen-bond donors (Lipinski definition) is 3. The molecule has 0 aliphatic heterocycles. The zero-order chi connectivity index (χ0) is 10.2. The molecule has 0 aromatic heterocycles. The van der Waals surface area contributed by atoms with Gasteiger partial charge in [-0.25, -0.2) is 0 Å².